The first-order chi connectivity index (χ1) is 12.1. The molecule has 0 aromatic heterocycles. The van der Waals surface area contributed by atoms with Crippen LogP contribution in [0.5, 0.6) is 5.75 Å². The van der Waals surface area contributed by atoms with Gasteiger partial charge in [-0.2, -0.15) is 0 Å². The first-order valence-electron chi connectivity index (χ1n) is 9.30. The van der Waals surface area contributed by atoms with Gasteiger partial charge in [0.1, 0.15) is 5.75 Å². The normalized spacial score (nSPS) is 18.3. The molecule has 5 nitrogen and oxygen atoms in total. The summed E-state index contributed by atoms with van der Waals surface area (Å²) in [4.78, 5) is 12.1. The minimum Gasteiger partial charge on any atom is -0.481 e. The predicted octanol–water partition coefficient (Wildman–Crippen LogP) is 3.28. The zero-order valence-corrected chi connectivity index (χ0v) is 15.6. The van der Waals surface area contributed by atoms with Crippen molar-refractivity contribution in [1.82, 2.24) is 5.32 Å². The Bertz CT molecular complexity index is 526. The molecule has 1 aromatic carbocycles. The molecule has 2 rings (SSSR count). The highest BCUT2D eigenvalue weighted by atomic mass is 16.5. The summed E-state index contributed by atoms with van der Waals surface area (Å²) >= 11 is 0. The van der Waals surface area contributed by atoms with Crippen LogP contribution in [0.2, 0.25) is 0 Å². The number of carbonyl (C=O) groups is 1. The molecule has 2 atom stereocenters. The summed E-state index contributed by atoms with van der Waals surface area (Å²) in [5.74, 6) is 1.06. The molecule has 1 aliphatic heterocycles. The number of amides is 1. The number of rotatable bonds is 10. The number of ether oxygens (including phenoxy) is 3. The van der Waals surface area contributed by atoms with Gasteiger partial charge in [0.15, 0.2) is 6.10 Å². The van der Waals surface area contributed by atoms with E-state index in [0.717, 1.165) is 31.6 Å². The summed E-state index contributed by atoms with van der Waals surface area (Å²) in [5, 5.41) is 2.89. The third-order valence-electron chi connectivity index (χ3n) is 4.30. The Morgan fingerprint density at radius 2 is 2.20 bits per heavy atom. The first-order valence-corrected chi connectivity index (χ1v) is 9.30. The summed E-state index contributed by atoms with van der Waals surface area (Å²) in [6.07, 6.45) is 2.74. The van der Waals surface area contributed by atoms with Crippen LogP contribution in [-0.2, 0) is 14.3 Å². The first kappa shape index (κ1) is 19.7. The summed E-state index contributed by atoms with van der Waals surface area (Å²) in [5.41, 5.74) is 1.20. The standard InChI is InChI=1S/C20H31NO4/c1-15(2)17-7-4-8-18(13-17)25-16(3)20(22)21-10-6-11-23-14-19-9-5-12-24-19/h4,7-8,13,15-16,19H,5-6,9-12,14H2,1-3H3,(H,21,22). The molecular weight excluding hydrogens is 318 g/mol. The lowest BCUT2D eigenvalue weighted by atomic mass is 10.0. The molecule has 0 radical (unpaired) electrons. The number of hydrogen-bond acceptors (Lipinski definition) is 4. The Labute approximate surface area is 151 Å². The van der Waals surface area contributed by atoms with E-state index < -0.39 is 6.10 Å². The molecule has 1 amide bonds. The van der Waals surface area contributed by atoms with E-state index in [1.165, 1.54) is 5.56 Å². The molecule has 1 saturated heterocycles. The number of benzene rings is 1. The lowest BCUT2D eigenvalue weighted by Gasteiger charge is -2.16. The van der Waals surface area contributed by atoms with Crippen molar-refractivity contribution in [3.05, 3.63) is 29.8 Å². The summed E-state index contributed by atoms with van der Waals surface area (Å²) in [6.45, 7) is 8.76. The molecule has 5 heteroatoms. The number of carbonyl (C=O) groups excluding carboxylic acids is 1. The molecule has 1 N–H and O–H groups in total. The van der Waals surface area contributed by atoms with Crippen molar-refractivity contribution in [2.75, 3.05) is 26.4 Å². The number of hydrogen-bond donors (Lipinski definition) is 1. The molecule has 25 heavy (non-hydrogen) atoms. The summed E-state index contributed by atoms with van der Waals surface area (Å²) in [7, 11) is 0. The second-order valence-corrected chi connectivity index (χ2v) is 6.84. The van der Waals surface area contributed by atoms with Gasteiger partial charge < -0.3 is 19.5 Å². The molecule has 0 spiro atoms. The molecule has 1 fully saturated rings. The Balaban J connectivity index is 1.60. The van der Waals surface area contributed by atoms with Gasteiger partial charge in [-0.1, -0.05) is 26.0 Å². The third-order valence-corrected chi connectivity index (χ3v) is 4.30. The van der Waals surface area contributed by atoms with Crippen molar-refractivity contribution in [2.45, 2.75) is 58.2 Å². The highest BCUT2D eigenvalue weighted by molar-refractivity contribution is 5.80. The topological polar surface area (TPSA) is 56.8 Å². The molecule has 0 aliphatic carbocycles. The molecule has 140 valence electrons. The highest BCUT2D eigenvalue weighted by Gasteiger charge is 2.16. The van der Waals surface area contributed by atoms with Crippen molar-refractivity contribution in [3.63, 3.8) is 0 Å². The van der Waals surface area contributed by atoms with E-state index in [-0.39, 0.29) is 12.0 Å². The van der Waals surface area contributed by atoms with E-state index in [1.54, 1.807) is 6.92 Å². The number of nitrogens with one attached hydrogen (secondary N) is 1. The van der Waals surface area contributed by atoms with Crippen LogP contribution in [0.3, 0.4) is 0 Å². The van der Waals surface area contributed by atoms with E-state index in [2.05, 4.69) is 25.2 Å². The Morgan fingerprint density at radius 1 is 1.36 bits per heavy atom. The SMILES string of the molecule is CC(Oc1cccc(C(C)C)c1)C(=O)NCCCOCC1CCCO1. The van der Waals surface area contributed by atoms with Gasteiger partial charge in [-0.25, -0.2) is 0 Å². The minimum atomic E-state index is -0.518. The average molecular weight is 349 g/mol. The van der Waals surface area contributed by atoms with E-state index in [1.807, 2.05) is 18.2 Å². The second kappa shape index (κ2) is 10.4. The second-order valence-electron chi connectivity index (χ2n) is 6.84. The van der Waals surface area contributed by atoms with Gasteiger partial charge in [-0.3, -0.25) is 4.79 Å². The van der Waals surface area contributed by atoms with Crippen molar-refractivity contribution in [3.8, 4) is 5.75 Å². The van der Waals surface area contributed by atoms with E-state index in [0.29, 0.717) is 25.7 Å². The lowest BCUT2D eigenvalue weighted by molar-refractivity contribution is -0.127. The Hall–Kier alpha value is -1.59. The summed E-state index contributed by atoms with van der Waals surface area (Å²) < 4.78 is 16.8. The fourth-order valence-corrected chi connectivity index (χ4v) is 2.72. The zero-order valence-electron chi connectivity index (χ0n) is 15.6. The molecule has 1 heterocycles. The Morgan fingerprint density at radius 3 is 2.92 bits per heavy atom. The van der Waals surface area contributed by atoms with Crippen LogP contribution in [0.25, 0.3) is 0 Å². The zero-order chi connectivity index (χ0) is 18.1. The van der Waals surface area contributed by atoms with Gasteiger partial charge in [0.05, 0.1) is 12.7 Å². The fourth-order valence-electron chi connectivity index (χ4n) is 2.72. The smallest absolute Gasteiger partial charge is 0.260 e. The third kappa shape index (κ3) is 7.04. The predicted molar refractivity (Wildman–Crippen MR) is 98.0 cm³/mol. The maximum atomic E-state index is 12.1. The van der Waals surface area contributed by atoms with Crippen LogP contribution in [0, 0.1) is 0 Å². The molecular formula is C20H31NO4. The van der Waals surface area contributed by atoms with Crippen molar-refractivity contribution < 1.29 is 19.0 Å². The maximum Gasteiger partial charge on any atom is 0.260 e. The lowest BCUT2D eigenvalue weighted by Crippen LogP contribution is -2.37. The fraction of sp³-hybridized carbons (Fsp3) is 0.650. The van der Waals surface area contributed by atoms with Gasteiger partial charge in [-0.05, 0) is 49.8 Å². The van der Waals surface area contributed by atoms with Crippen LogP contribution in [0.1, 0.15) is 51.5 Å². The van der Waals surface area contributed by atoms with Crippen LogP contribution in [0.4, 0.5) is 0 Å². The van der Waals surface area contributed by atoms with Gasteiger partial charge in [-0.15, -0.1) is 0 Å². The van der Waals surface area contributed by atoms with Gasteiger partial charge in [0, 0.05) is 19.8 Å². The molecule has 1 aromatic rings. The van der Waals surface area contributed by atoms with Crippen LogP contribution >= 0.6 is 0 Å². The van der Waals surface area contributed by atoms with Gasteiger partial charge in [0.2, 0.25) is 0 Å². The highest BCUT2D eigenvalue weighted by Crippen LogP contribution is 2.21. The molecule has 0 bridgehead atoms. The van der Waals surface area contributed by atoms with Crippen LogP contribution < -0.4 is 10.1 Å². The van der Waals surface area contributed by atoms with E-state index >= 15 is 0 Å². The van der Waals surface area contributed by atoms with Crippen molar-refractivity contribution in [2.24, 2.45) is 0 Å². The average Bonchev–Trinajstić information content (AvgIpc) is 3.11. The quantitative estimate of drug-likeness (QED) is 0.659. The van der Waals surface area contributed by atoms with E-state index in [4.69, 9.17) is 14.2 Å². The molecule has 0 saturated carbocycles. The minimum absolute atomic E-state index is 0.103. The largest absolute Gasteiger partial charge is 0.481 e. The Kier molecular flexibility index (Phi) is 8.22. The van der Waals surface area contributed by atoms with Crippen molar-refractivity contribution in [1.29, 1.82) is 0 Å². The molecule has 2 unspecified atom stereocenters. The van der Waals surface area contributed by atoms with E-state index in [9.17, 15) is 4.79 Å². The monoisotopic (exact) mass is 349 g/mol. The van der Waals surface area contributed by atoms with Crippen LogP contribution in [0.15, 0.2) is 24.3 Å². The van der Waals surface area contributed by atoms with Crippen LogP contribution in [-0.4, -0.2) is 44.5 Å². The van der Waals surface area contributed by atoms with Gasteiger partial charge >= 0.3 is 0 Å². The molecule has 1 aliphatic rings. The maximum absolute atomic E-state index is 12.1. The van der Waals surface area contributed by atoms with Gasteiger partial charge in [0.25, 0.3) is 5.91 Å². The van der Waals surface area contributed by atoms with Crippen molar-refractivity contribution >= 4 is 5.91 Å². The summed E-state index contributed by atoms with van der Waals surface area (Å²) in [6, 6.07) is 7.90.